The summed E-state index contributed by atoms with van der Waals surface area (Å²) in [6, 6.07) is 10.9. The van der Waals surface area contributed by atoms with Crippen LogP contribution in [0.2, 0.25) is 6.55 Å². The van der Waals surface area contributed by atoms with Gasteiger partial charge in [0.05, 0.1) is 5.67 Å². The predicted molar refractivity (Wildman–Crippen MR) is 103 cm³/mol. The Morgan fingerprint density at radius 3 is 2.25 bits per heavy atom. The summed E-state index contributed by atoms with van der Waals surface area (Å²) < 4.78 is 12.6. The average Bonchev–Trinajstić information content (AvgIpc) is 2.69. The standard InChI is InChI=1S/C20H35NO2Si/c1-4-22-24(3,23-5-2)20-16-12-7-6-8-13-17-21(20)18-19-14-10-9-11-15-19/h9-11,14-15,20H,4-8,12-13,16-18H2,1-3H3. The third-order valence-electron chi connectivity index (χ3n) is 5.06. The Hall–Kier alpha value is -0.683. The topological polar surface area (TPSA) is 21.7 Å². The van der Waals surface area contributed by atoms with Crippen LogP contribution in [-0.4, -0.2) is 38.9 Å². The molecule has 2 rings (SSSR count). The van der Waals surface area contributed by atoms with Crippen molar-refractivity contribution in [3.63, 3.8) is 0 Å². The van der Waals surface area contributed by atoms with Crippen LogP contribution in [0.4, 0.5) is 0 Å². The normalized spacial score (nSPS) is 21.0. The maximum atomic E-state index is 6.29. The Bertz CT molecular complexity index is 448. The molecule has 0 spiro atoms. The van der Waals surface area contributed by atoms with Gasteiger partial charge in [-0.2, -0.15) is 0 Å². The molecule has 1 saturated heterocycles. The molecule has 1 unspecified atom stereocenters. The zero-order valence-corrected chi connectivity index (χ0v) is 16.8. The first-order chi connectivity index (χ1) is 11.7. The lowest BCUT2D eigenvalue weighted by Crippen LogP contribution is -2.58. The highest BCUT2D eigenvalue weighted by molar-refractivity contribution is 6.67. The van der Waals surface area contributed by atoms with Gasteiger partial charge in [0.1, 0.15) is 0 Å². The predicted octanol–water partition coefficient (Wildman–Crippen LogP) is 4.90. The number of hydrogen-bond acceptors (Lipinski definition) is 3. The molecule has 0 saturated carbocycles. The molecule has 1 aromatic carbocycles. The van der Waals surface area contributed by atoms with E-state index in [0.717, 1.165) is 26.3 Å². The lowest BCUT2D eigenvalue weighted by molar-refractivity contribution is 0.122. The molecule has 4 heteroatoms. The maximum absolute atomic E-state index is 6.29. The van der Waals surface area contributed by atoms with E-state index in [1.807, 2.05) is 0 Å². The lowest BCUT2D eigenvalue weighted by Gasteiger charge is -2.41. The first-order valence-corrected chi connectivity index (χ1v) is 12.1. The fraction of sp³-hybridized carbons (Fsp3) is 0.700. The van der Waals surface area contributed by atoms with Crippen molar-refractivity contribution < 1.29 is 8.85 Å². The van der Waals surface area contributed by atoms with Gasteiger partial charge in [-0.1, -0.05) is 56.0 Å². The molecular weight excluding hydrogens is 314 g/mol. The minimum Gasteiger partial charge on any atom is -0.394 e. The highest BCUT2D eigenvalue weighted by Crippen LogP contribution is 2.27. The molecule has 1 atom stereocenters. The van der Waals surface area contributed by atoms with Crippen LogP contribution in [0, 0.1) is 0 Å². The van der Waals surface area contributed by atoms with Crippen LogP contribution < -0.4 is 0 Å². The molecule has 1 aliphatic heterocycles. The van der Waals surface area contributed by atoms with Crippen molar-refractivity contribution >= 4 is 8.56 Å². The van der Waals surface area contributed by atoms with Gasteiger partial charge in [0.15, 0.2) is 0 Å². The van der Waals surface area contributed by atoms with E-state index in [9.17, 15) is 0 Å². The molecule has 1 heterocycles. The Labute approximate surface area is 149 Å². The Morgan fingerprint density at radius 2 is 1.58 bits per heavy atom. The summed E-state index contributed by atoms with van der Waals surface area (Å²) in [5.74, 6) is 0. The second kappa shape index (κ2) is 10.3. The average molecular weight is 350 g/mol. The molecule has 136 valence electrons. The van der Waals surface area contributed by atoms with Crippen LogP contribution in [0.25, 0.3) is 0 Å². The molecule has 0 amide bonds. The monoisotopic (exact) mass is 349 g/mol. The van der Waals surface area contributed by atoms with E-state index in [1.165, 1.54) is 44.1 Å². The summed E-state index contributed by atoms with van der Waals surface area (Å²) in [6.07, 6.45) is 7.84. The summed E-state index contributed by atoms with van der Waals surface area (Å²) in [4.78, 5) is 2.66. The summed E-state index contributed by atoms with van der Waals surface area (Å²) >= 11 is 0. The third kappa shape index (κ3) is 5.69. The number of rotatable bonds is 7. The van der Waals surface area contributed by atoms with E-state index in [-0.39, 0.29) is 0 Å². The van der Waals surface area contributed by atoms with E-state index in [4.69, 9.17) is 8.85 Å². The quantitative estimate of drug-likeness (QED) is 0.654. The van der Waals surface area contributed by atoms with Gasteiger partial charge in [-0.05, 0) is 45.3 Å². The molecule has 0 bridgehead atoms. The molecule has 0 radical (unpaired) electrons. The van der Waals surface area contributed by atoms with Crippen molar-refractivity contribution in [2.75, 3.05) is 19.8 Å². The molecule has 0 aliphatic carbocycles. The van der Waals surface area contributed by atoms with Crippen LogP contribution in [0.3, 0.4) is 0 Å². The van der Waals surface area contributed by atoms with Crippen LogP contribution >= 0.6 is 0 Å². The second-order valence-corrected chi connectivity index (χ2v) is 10.2. The van der Waals surface area contributed by atoms with Gasteiger partial charge in [-0.25, -0.2) is 0 Å². The van der Waals surface area contributed by atoms with Crippen molar-refractivity contribution in [1.82, 2.24) is 4.90 Å². The minimum absolute atomic E-state index is 0.440. The summed E-state index contributed by atoms with van der Waals surface area (Å²) in [5.41, 5.74) is 1.84. The molecule has 3 nitrogen and oxygen atoms in total. The van der Waals surface area contributed by atoms with Gasteiger partial charge in [-0.15, -0.1) is 0 Å². The Morgan fingerprint density at radius 1 is 0.958 bits per heavy atom. The van der Waals surface area contributed by atoms with Crippen LogP contribution in [-0.2, 0) is 15.4 Å². The van der Waals surface area contributed by atoms with Gasteiger partial charge < -0.3 is 8.85 Å². The summed E-state index contributed by atoms with van der Waals surface area (Å²) in [7, 11) is -2.22. The highest BCUT2D eigenvalue weighted by atomic mass is 28.4. The van der Waals surface area contributed by atoms with Gasteiger partial charge in [-0.3, -0.25) is 4.90 Å². The van der Waals surface area contributed by atoms with E-state index < -0.39 is 8.56 Å². The van der Waals surface area contributed by atoms with E-state index in [1.54, 1.807) is 0 Å². The largest absolute Gasteiger partial charge is 0.394 e. The molecule has 0 aromatic heterocycles. The van der Waals surface area contributed by atoms with Crippen molar-refractivity contribution in [2.45, 2.75) is 71.1 Å². The fourth-order valence-corrected chi connectivity index (χ4v) is 7.16. The smallest absolute Gasteiger partial charge is 0.352 e. The highest BCUT2D eigenvalue weighted by Gasteiger charge is 2.43. The molecule has 1 fully saturated rings. The van der Waals surface area contributed by atoms with Crippen molar-refractivity contribution in [3.05, 3.63) is 35.9 Å². The fourth-order valence-electron chi connectivity index (χ4n) is 3.93. The Balaban J connectivity index is 2.23. The first kappa shape index (κ1) is 19.6. The Kier molecular flexibility index (Phi) is 8.46. The minimum atomic E-state index is -2.22. The van der Waals surface area contributed by atoms with Gasteiger partial charge in [0.2, 0.25) is 0 Å². The van der Waals surface area contributed by atoms with E-state index >= 15 is 0 Å². The molecule has 24 heavy (non-hydrogen) atoms. The van der Waals surface area contributed by atoms with Gasteiger partial charge in [0, 0.05) is 19.8 Å². The van der Waals surface area contributed by atoms with Crippen LogP contribution in [0.1, 0.15) is 57.9 Å². The van der Waals surface area contributed by atoms with E-state index in [2.05, 4.69) is 55.6 Å². The number of nitrogens with zero attached hydrogens (tertiary/aromatic N) is 1. The lowest BCUT2D eigenvalue weighted by atomic mass is 10.1. The van der Waals surface area contributed by atoms with Crippen LogP contribution in [0.15, 0.2) is 30.3 Å². The van der Waals surface area contributed by atoms with Crippen molar-refractivity contribution in [2.24, 2.45) is 0 Å². The molecule has 0 N–H and O–H groups in total. The number of benzene rings is 1. The third-order valence-corrected chi connectivity index (χ3v) is 8.65. The molecule has 1 aliphatic rings. The SMILES string of the molecule is CCO[Si](C)(OCC)C1CCCCCCCN1Cc1ccccc1. The first-order valence-electron chi connectivity index (χ1n) is 9.75. The number of hydrogen-bond donors (Lipinski definition) is 0. The van der Waals surface area contributed by atoms with Gasteiger partial charge >= 0.3 is 8.56 Å². The van der Waals surface area contributed by atoms with Gasteiger partial charge in [0.25, 0.3) is 0 Å². The summed E-state index contributed by atoms with van der Waals surface area (Å²) in [6.45, 7) is 10.1. The zero-order valence-electron chi connectivity index (χ0n) is 15.8. The van der Waals surface area contributed by atoms with Crippen LogP contribution in [0.5, 0.6) is 0 Å². The van der Waals surface area contributed by atoms with Crippen molar-refractivity contribution in [1.29, 1.82) is 0 Å². The summed E-state index contributed by atoms with van der Waals surface area (Å²) in [5, 5.41) is 0. The molecule has 1 aromatic rings. The second-order valence-electron chi connectivity index (χ2n) is 6.91. The zero-order chi connectivity index (χ0) is 17.3. The van der Waals surface area contributed by atoms with E-state index in [0.29, 0.717) is 5.67 Å². The van der Waals surface area contributed by atoms with Crippen molar-refractivity contribution in [3.8, 4) is 0 Å². The maximum Gasteiger partial charge on any atom is 0.352 e. The molecular formula is C20H35NO2Si.